The van der Waals surface area contributed by atoms with Gasteiger partial charge in [0.05, 0.1) is 5.75 Å². The standard InChI is InChI=1S/C11H18N4O2S/c1-11(2,12)6-18-5-8(16)13-10-15-14-9(17-10)7-3-4-7/h7H,3-6,12H2,1-2H3,(H,13,15,16). The molecular formula is C11H18N4O2S. The Morgan fingerprint density at radius 1 is 1.56 bits per heavy atom. The Labute approximate surface area is 110 Å². The lowest BCUT2D eigenvalue weighted by Crippen LogP contribution is -2.35. The summed E-state index contributed by atoms with van der Waals surface area (Å²) < 4.78 is 5.34. The molecule has 18 heavy (non-hydrogen) atoms. The van der Waals surface area contributed by atoms with Gasteiger partial charge in [-0.05, 0) is 26.7 Å². The van der Waals surface area contributed by atoms with Gasteiger partial charge in [-0.2, -0.15) is 11.8 Å². The van der Waals surface area contributed by atoms with Gasteiger partial charge in [0.2, 0.25) is 11.8 Å². The maximum atomic E-state index is 11.6. The molecule has 0 spiro atoms. The molecule has 6 nitrogen and oxygen atoms in total. The predicted molar refractivity (Wildman–Crippen MR) is 70.5 cm³/mol. The highest BCUT2D eigenvalue weighted by Crippen LogP contribution is 2.39. The molecule has 3 N–H and O–H groups in total. The Hall–Kier alpha value is -1.08. The van der Waals surface area contributed by atoms with E-state index in [0.29, 0.717) is 17.6 Å². The van der Waals surface area contributed by atoms with Crippen LogP contribution < -0.4 is 11.1 Å². The fraction of sp³-hybridized carbons (Fsp3) is 0.727. The van der Waals surface area contributed by atoms with Crippen LogP contribution in [0.1, 0.15) is 38.5 Å². The van der Waals surface area contributed by atoms with Crippen molar-refractivity contribution < 1.29 is 9.21 Å². The number of rotatable bonds is 6. The lowest BCUT2D eigenvalue weighted by molar-refractivity contribution is -0.113. The van der Waals surface area contributed by atoms with Crippen LogP contribution in [0.5, 0.6) is 0 Å². The number of hydrogen-bond acceptors (Lipinski definition) is 6. The lowest BCUT2D eigenvalue weighted by atomic mass is 10.1. The van der Waals surface area contributed by atoms with Crippen molar-refractivity contribution in [3.05, 3.63) is 5.89 Å². The minimum Gasteiger partial charge on any atom is -0.408 e. The second kappa shape index (κ2) is 5.27. The molecule has 0 aromatic carbocycles. The highest BCUT2D eigenvalue weighted by atomic mass is 32.2. The van der Waals surface area contributed by atoms with E-state index >= 15 is 0 Å². The SMILES string of the molecule is CC(C)(N)CSCC(=O)Nc1nnc(C2CC2)o1. The van der Waals surface area contributed by atoms with E-state index in [0.717, 1.165) is 18.6 Å². The van der Waals surface area contributed by atoms with E-state index in [1.165, 1.54) is 11.8 Å². The zero-order valence-electron chi connectivity index (χ0n) is 10.6. The quantitative estimate of drug-likeness (QED) is 0.810. The van der Waals surface area contributed by atoms with Crippen molar-refractivity contribution in [3.8, 4) is 0 Å². The summed E-state index contributed by atoms with van der Waals surface area (Å²) in [4.78, 5) is 11.6. The van der Waals surface area contributed by atoms with Crippen LogP contribution in [0.25, 0.3) is 0 Å². The first kappa shape index (κ1) is 13.4. The Morgan fingerprint density at radius 3 is 2.89 bits per heavy atom. The number of hydrogen-bond donors (Lipinski definition) is 2. The molecule has 7 heteroatoms. The summed E-state index contributed by atoms with van der Waals surface area (Å²) in [6, 6.07) is 0.189. The van der Waals surface area contributed by atoms with Crippen LogP contribution in [0.15, 0.2) is 4.42 Å². The van der Waals surface area contributed by atoms with Crippen LogP contribution in [-0.4, -0.2) is 33.1 Å². The van der Waals surface area contributed by atoms with Gasteiger partial charge in [-0.15, -0.1) is 5.10 Å². The molecule has 0 saturated heterocycles. The normalized spacial score (nSPS) is 15.7. The van der Waals surface area contributed by atoms with Crippen LogP contribution in [0.4, 0.5) is 6.01 Å². The number of carbonyl (C=O) groups excluding carboxylic acids is 1. The van der Waals surface area contributed by atoms with Crippen molar-refractivity contribution in [2.45, 2.75) is 38.1 Å². The number of nitrogens with zero attached hydrogens (tertiary/aromatic N) is 2. The summed E-state index contributed by atoms with van der Waals surface area (Å²) in [6.45, 7) is 3.86. The number of nitrogens with one attached hydrogen (secondary N) is 1. The Bertz CT molecular complexity index is 423. The maximum Gasteiger partial charge on any atom is 0.322 e. The van der Waals surface area contributed by atoms with Gasteiger partial charge in [0.1, 0.15) is 0 Å². The highest BCUT2D eigenvalue weighted by molar-refractivity contribution is 8.00. The van der Waals surface area contributed by atoms with Gasteiger partial charge in [-0.25, -0.2) is 0 Å². The molecule has 0 unspecified atom stereocenters. The molecule has 2 rings (SSSR count). The number of nitrogens with two attached hydrogens (primary N) is 1. The summed E-state index contributed by atoms with van der Waals surface area (Å²) in [5, 5.41) is 10.3. The van der Waals surface area contributed by atoms with Crippen LogP contribution in [0.3, 0.4) is 0 Å². The Kier molecular flexibility index (Phi) is 3.91. The van der Waals surface area contributed by atoms with Crippen molar-refractivity contribution in [2.24, 2.45) is 5.73 Å². The Balaban J connectivity index is 1.72. The molecule has 1 aliphatic carbocycles. The van der Waals surface area contributed by atoms with Crippen LogP contribution >= 0.6 is 11.8 Å². The molecule has 1 amide bonds. The van der Waals surface area contributed by atoms with E-state index in [-0.39, 0.29) is 17.5 Å². The zero-order chi connectivity index (χ0) is 13.2. The van der Waals surface area contributed by atoms with E-state index in [4.69, 9.17) is 10.2 Å². The molecule has 100 valence electrons. The average molecular weight is 270 g/mol. The molecule has 0 aliphatic heterocycles. The molecule has 1 aromatic heterocycles. The smallest absolute Gasteiger partial charge is 0.322 e. The molecule has 0 atom stereocenters. The number of anilines is 1. The zero-order valence-corrected chi connectivity index (χ0v) is 11.4. The summed E-state index contributed by atoms with van der Waals surface area (Å²) >= 11 is 1.49. The summed E-state index contributed by atoms with van der Waals surface area (Å²) in [5.74, 6) is 1.94. The average Bonchev–Trinajstić information content (AvgIpc) is 2.99. The van der Waals surface area contributed by atoms with Crippen molar-refractivity contribution >= 4 is 23.7 Å². The van der Waals surface area contributed by atoms with Gasteiger partial charge < -0.3 is 10.2 Å². The van der Waals surface area contributed by atoms with Gasteiger partial charge in [0, 0.05) is 17.2 Å². The second-order valence-electron chi connectivity index (χ2n) is 5.25. The number of aromatic nitrogens is 2. The lowest BCUT2D eigenvalue weighted by Gasteiger charge is -2.16. The first-order valence-electron chi connectivity index (χ1n) is 5.94. The molecular weight excluding hydrogens is 252 g/mol. The number of thioether (sulfide) groups is 1. The van der Waals surface area contributed by atoms with Gasteiger partial charge >= 0.3 is 6.01 Å². The van der Waals surface area contributed by atoms with Crippen molar-refractivity contribution in [2.75, 3.05) is 16.8 Å². The van der Waals surface area contributed by atoms with E-state index < -0.39 is 0 Å². The van der Waals surface area contributed by atoms with E-state index in [2.05, 4.69) is 15.5 Å². The van der Waals surface area contributed by atoms with Crippen molar-refractivity contribution in [1.82, 2.24) is 10.2 Å². The molecule has 0 radical (unpaired) electrons. The molecule has 1 aliphatic rings. The predicted octanol–water partition coefficient (Wildman–Crippen LogP) is 1.36. The molecule has 1 aromatic rings. The second-order valence-corrected chi connectivity index (χ2v) is 6.23. The summed E-state index contributed by atoms with van der Waals surface area (Å²) in [7, 11) is 0. The third kappa shape index (κ3) is 4.30. The van der Waals surface area contributed by atoms with Gasteiger partial charge in [-0.3, -0.25) is 10.1 Å². The van der Waals surface area contributed by atoms with E-state index in [9.17, 15) is 4.79 Å². The fourth-order valence-electron chi connectivity index (χ4n) is 1.34. The first-order chi connectivity index (χ1) is 8.44. The van der Waals surface area contributed by atoms with Crippen molar-refractivity contribution in [3.63, 3.8) is 0 Å². The number of carbonyl (C=O) groups is 1. The molecule has 1 fully saturated rings. The minimum atomic E-state index is -0.269. The van der Waals surface area contributed by atoms with E-state index in [1.807, 2.05) is 13.8 Å². The third-order valence-electron chi connectivity index (χ3n) is 2.32. The van der Waals surface area contributed by atoms with Crippen LogP contribution in [-0.2, 0) is 4.79 Å². The van der Waals surface area contributed by atoms with Crippen LogP contribution in [0, 0.1) is 0 Å². The third-order valence-corrected chi connectivity index (χ3v) is 3.74. The maximum absolute atomic E-state index is 11.6. The topological polar surface area (TPSA) is 94.0 Å². The monoisotopic (exact) mass is 270 g/mol. The number of amides is 1. The fourth-order valence-corrected chi connectivity index (χ4v) is 2.23. The van der Waals surface area contributed by atoms with Gasteiger partial charge in [-0.1, -0.05) is 5.10 Å². The van der Waals surface area contributed by atoms with Crippen molar-refractivity contribution in [1.29, 1.82) is 0 Å². The first-order valence-corrected chi connectivity index (χ1v) is 7.09. The van der Waals surface area contributed by atoms with Gasteiger partial charge in [0.25, 0.3) is 0 Å². The largest absolute Gasteiger partial charge is 0.408 e. The Morgan fingerprint density at radius 2 is 2.28 bits per heavy atom. The van der Waals surface area contributed by atoms with Crippen LogP contribution in [0.2, 0.25) is 0 Å². The molecule has 1 heterocycles. The molecule has 1 saturated carbocycles. The summed E-state index contributed by atoms with van der Waals surface area (Å²) in [6.07, 6.45) is 2.19. The molecule has 0 bridgehead atoms. The minimum absolute atomic E-state index is 0.143. The van der Waals surface area contributed by atoms with Gasteiger partial charge in [0.15, 0.2) is 0 Å². The highest BCUT2D eigenvalue weighted by Gasteiger charge is 2.29. The summed E-state index contributed by atoms with van der Waals surface area (Å²) in [5.41, 5.74) is 5.56. The van der Waals surface area contributed by atoms with E-state index in [1.54, 1.807) is 0 Å².